The maximum atomic E-state index is 12.5. The number of para-hydroxylation sites is 1. The van der Waals surface area contributed by atoms with Crippen molar-refractivity contribution in [1.29, 1.82) is 0 Å². The summed E-state index contributed by atoms with van der Waals surface area (Å²) >= 11 is 1.53. The van der Waals surface area contributed by atoms with Gasteiger partial charge >= 0.3 is 0 Å². The van der Waals surface area contributed by atoms with E-state index in [1.54, 1.807) is 37.4 Å². The molecule has 0 saturated heterocycles. The van der Waals surface area contributed by atoms with Crippen LogP contribution in [0.3, 0.4) is 0 Å². The van der Waals surface area contributed by atoms with Crippen LogP contribution in [0.25, 0.3) is 17.0 Å². The van der Waals surface area contributed by atoms with E-state index in [2.05, 4.69) is 0 Å². The minimum atomic E-state index is -0.511. The van der Waals surface area contributed by atoms with E-state index >= 15 is 0 Å². The first-order valence-corrected chi connectivity index (χ1v) is 8.52. The molecule has 0 aliphatic heterocycles. The number of ketones is 1. The van der Waals surface area contributed by atoms with Crippen molar-refractivity contribution >= 4 is 39.1 Å². The molecule has 2 heterocycles. The number of anilines is 1. The number of carbonyl (C=O) groups excluding carboxylic acids is 1. The Morgan fingerprint density at radius 2 is 1.92 bits per heavy atom. The Balaban J connectivity index is 2.02. The number of benzene rings is 1. The van der Waals surface area contributed by atoms with Crippen LogP contribution in [0, 0.1) is 0 Å². The zero-order valence-electron chi connectivity index (χ0n) is 14.2. The SMILES string of the molecule is CN(C)c1ccc(/C=C/C(=O)c2c(O)c3ccccc3n(C)c2=O)s1. The molecular formula is C19H18N2O3S. The predicted octanol–water partition coefficient (Wildman–Crippen LogP) is 3.27. The van der Waals surface area contributed by atoms with Crippen LogP contribution < -0.4 is 10.5 Å². The number of pyridine rings is 1. The maximum absolute atomic E-state index is 12.5. The van der Waals surface area contributed by atoms with Crippen LogP contribution in [0.4, 0.5) is 5.00 Å². The highest BCUT2D eigenvalue weighted by atomic mass is 32.1. The summed E-state index contributed by atoms with van der Waals surface area (Å²) in [5, 5.41) is 12.0. The second kappa shape index (κ2) is 6.57. The fourth-order valence-corrected chi connectivity index (χ4v) is 3.45. The van der Waals surface area contributed by atoms with Gasteiger partial charge in [0.1, 0.15) is 11.3 Å². The molecule has 2 aromatic heterocycles. The van der Waals surface area contributed by atoms with Gasteiger partial charge in [0, 0.05) is 31.4 Å². The van der Waals surface area contributed by atoms with Crippen LogP contribution in [-0.4, -0.2) is 29.6 Å². The molecule has 0 aliphatic carbocycles. The Kier molecular flexibility index (Phi) is 4.46. The largest absolute Gasteiger partial charge is 0.506 e. The summed E-state index contributed by atoms with van der Waals surface area (Å²) in [4.78, 5) is 27.9. The molecule has 0 fully saturated rings. The van der Waals surface area contributed by atoms with Gasteiger partial charge in [0.25, 0.3) is 5.56 Å². The summed E-state index contributed by atoms with van der Waals surface area (Å²) in [7, 11) is 5.48. The molecule has 3 aromatic rings. The summed E-state index contributed by atoms with van der Waals surface area (Å²) in [5.74, 6) is -0.780. The van der Waals surface area contributed by atoms with Gasteiger partial charge in [-0.2, -0.15) is 0 Å². The Hall–Kier alpha value is -2.86. The molecule has 0 atom stereocenters. The number of rotatable bonds is 4. The second-order valence-electron chi connectivity index (χ2n) is 5.87. The smallest absolute Gasteiger partial charge is 0.265 e. The lowest BCUT2D eigenvalue weighted by Crippen LogP contribution is -2.24. The molecule has 25 heavy (non-hydrogen) atoms. The lowest BCUT2D eigenvalue weighted by Gasteiger charge is -2.09. The molecule has 0 unspecified atom stereocenters. The molecule has 5 nitrogen and oxygen atoms in total. The average molecular weight is 354 g/mol. The van der Waals surface area contributed by atoms with E-state index in [0.717, 1.165) is 9.88 Å². The fraction of sp³-hybridized carbons (Fsp3) is 0.158. The first-order valence-electron chi connectivity index (χ1n) is 7.70. The summed E-state index contributed by atoms with van der Waals surface area (Å²) in [5.41, 5.74) is -0.132. The molecular weight excluding hydrogens is 336 g/mol. The van der Waals surface area contributed by atoms with E-state index in [4.69, 9.17) is 0 Å². The van der Waals surface area contributed by atoms with Crippen molar-refractivity contribution in [2.75, 3.05) is 19.0 Å². The zero-order chi connectivity index (χ0) is 18.1. The average Bonchev–Trinajstić information content (AvgIpc) is 3.07. The van der Waals surface area contributed by atoms with Gasteiger partial charge in [-0.25, -0.2) is 0 Å². The monoisotopic (exact) mass is 354 g/mol. The van der Waals surface area contributed by atoms with Crippen molar-refractivity contribution in [2.45, 2.75) is 0 Å². The van der Waals surface area contributed by atoms with Gasteiger partial charge in [0.15, 0.2) is 5.78 Å². The summed E-state index contributed by atoms with van der Waals surface area (Å²) in [6.07, 6.45) is 2.99. The number of fused-ring (bicyclic) bond motifs is 1. The number of aromatic nitrogens is 1. The van der Waals surface area contributed by atoms with Gasteiger partial charge in [-0.15, -0.1) is 11.3 Å². The van der Waals surface area contributed by atoms with Crippen LogP contribution in [0.5, 0.6) is 5.75 Å². The number of thiophene rings is 1. The molecule has 3 rings (SSSR count). The van der Waals surface area contributed by atoms with Crippen LogP contribution in [0.15, 0.2) is 47.3 Å². The maximum Gasteiger partial charge on any atom is 0.265 e. The van der Waals surface area contributed by atoms with Gasteiger partial charge in [-0.05, 0) is 36.4 Å². The quantitative estimate of drug-likeness (QED) is 0.577. The Labute approximate surface area is 149 Å². The second-order valence-corrected chi connectivity index (χ2v) is 6.97. The van der Waals surface area contributed by atoms with E-state index in [1.807, 2.05) is 31.1 Å². The highest BCUT2D eigenvalue weighted by Crippen LogP contribution is 2.27. The molecule has 1 aromatic carbocycles. The molecule has 0 spiro atoms. The number of hydrogen-bond acceptors (Lipinski definition) is 5. The van der Waals surface area contributed by atoms with Crippen molar-refractivity contribution in [3.63, 3.8) is 0 Å². The molecule has 1 N–H and O–H groups in total. The lowest BCUT2D eigenvalue weighted by molar-refractivity contribution is 0.104. The third-order valence-corrected chi connectivity index (χ3v) is 5.19. The highest BCUT2D eigenvalue weighted by molar-refractivity contribution is 7.16. The van der Waals surface area contributed by atoms with Crippen LogP contribution in [-0.2, 0) is 7.05 Å². The standard InChI is InChI=1S/C19H18N2O3S/c1-20(2)16-11-9-12(25-16)8-10-15(22)17-18(23)13-6-4-5-7-14(13)21(3)19(17)24/h4-11,23H,1-3H3/b10-8+. The Morgan fingerprint density at radius 3 is 2.60 bits per heavy atom. The number of hydrogen-bond donors (Lipinski definition) is 1. The Morgan fingerprint density at radius 1 is 1.20 bits per heavy atom. The molecule has 6 heteroatoms. The number of aromatic hydroxyl groups is 1. The van der Waals surface area contributed by atoms with Gasteiger partial charge in [0.05, 0.1) is 10.5 Å². The van der Waals surface area contributed by atoms with Crippen LogP contribution in [0.1, 0.15) is 15.2 Å². The van der Waals surface area contributed by atoms with Gasteiger partial charge in [-0.1, -0.05) is 12.1 Å². The van der Waals surface area contributed by atoms with Crippen molar-refractivity contribution in [2.24, 2.45) is 7.05 Å². The fourth-order valence-electron chi connectivity index (χ4n) is 2.61. The van der Waals surface area contributed by atoms with E-state index in [1.165, 1.54) is 22.0 Å². The van der Waals surface area contributed by atoms with E-state index in [-0.39, 0.29) is 11.3 Å². The summed E-state index contributed by atoms with van der Waals surface area (Å²) in [6.45, 7) is 0. The first kappa shape index (κ1) is 17.0. The van der Waals surface area contributed by atoms with Crippen molar-refractivity contribution in [3.8, 4) is 5.75 Å². The lowest BCUT2D eigenvalue weighted by atomic mass is 10.1. The zero-order valence-corrected chi connectivity index (χ0v) is 15.0. The van der Waals surface area contributed by atoms with E-state index in [0.29, 0.717) is 10.9 Å². The first-order chi connectivity index (χ1) is 11.9. The minimum absolute atomic E-state index is 0.207. The third-order valence-electron chi connectivity index (χ3n) is 3.97. The number of carbonyl (C=O) groups is 1. The van der Waals surface area contributed by atoms with Crippen molar-refractivity contribution in [3.05, 3.63) is 63.3 Å². The topological polar surface area (TPSA) is 62.5 Å². The minimum Gasteiger partial charge on any atom is -0.506 e. The Bertz CT molecular complexity index is 1040. The number of allylic oxidation sites excluding steroid dienone is 1. The highest BCUT2D eigenvalue weighted by Gasteiger charge is 2.19. The summed E-state index contributed by atoms with van der Waals surface area (Å²) < 4.78 is 1.38. The van der Waals surface area contributed by atoms with Gasteiger partial charge in [-0.3, -0.25) is 9.59 Å². The van der Waals surface area contributed by atoms with Gasteiger partial charge in [0.2, 0.25) is 0 Å². The van der Waals surface area contributed by atoms with E-state index in [9.17, 15) is 14.7 Å². The molecule has 0 aliphatic rings. The normalized spacial score (nSPS) is 11.3. The molecule has 0 amide bonds. The van der Waals surface area contributed by atoms with Crippen LogP contribution in [0.2, 0.25) is 0 Å². The van der Waals surface area contributed by atoms with Crippen molar-refractivity contribution in [1.82, 2.24) is 4.57 Å². The summed E-state index contributed by atoms with van der Waals surface area (Å²) in [6, 6.07) is 10.8. The van der Waals surface area contributed by atoms with Gasteiger partial charge < -0.3 is 14.6 Å². The third kappa shape index (κ3) is 3.08. The molecule has 128 valence electrons. The molecule has 0 bridgehead atoms. The van der Waals surface area contributed by atoms with Crippen LogP contribution >= 0.6 is 11.3 Å². The van der Waals surface area contributed by atoms with E-state index < -0.39 is 11.3 Å². The molecule has 0 radical (unpaired) electrons. The predicted molar refractivity (Wildman–Crippen MR) is 103 cm³/mol. The number of aryl methyl sites for hydroxylation is 1. The number of nitrogens with zero attached hydrogens (tertiary/aromatic N) is 2. The molecule has 0 saturated carbocycles. The van der Waals surface area contributed by atoms with Crippen molar-refractivity contribution < 1.29 is 9.90 Å².